The van der Waals surface area contributed by atoms with Crippen LogP contribution in [-0.2, 0) is 6.18 Å². The molecule has 1 heterocycles. The van der Waals surface area contributed by atoms with E-state index in [9.17, 15) is 18.0 Å². The van der Waals surface area contributed by atoms with Crippen molar-refractivity contribution in [2.24, 2.45) is 0 Å². The molecule has 4 nitrogen and oxygen atoms in total. The van der Waals surface area contributed by atoms with Gasteiger partial charge >= 0.3 is 12.2 Å². The molecule has 0 radical (unpaired) electrons. The topological polar surface area (TPSA) is 44.4 Å². The summed E-state index contributed by atoms with van der Waals surface area (Å²) in [7, 11) is 1.86. The number of rotatable bonds is 2. The van der Waals surface area contributed by atoms with Crippen LogP contribution in [0.15, 0.2) is 18.2 Å². The van der Waals surface area contributed by atoms with Gasteiger partial charge in [-0.15, -0.1) is 0 Å². The van der Waals surface area contributed by atoms with Crippen LogP contribution < -0.4 is 10.6 Å². The van der Waals surface area contributed by atoms with Crippen LogP contribution in [-0.4, -0.2) is 37.1 Å². The normalized spacial score (nSPS) is 16.7. The number of amides is 2. The maximum atomic E-state index is 12.7. The number of benzene rings is 1. The molecule has 1 fully saturated rings. The fourth-order valence-electron chi connectivity index (χ4n) is 2.36. The number of nitrogens with one attached hydrogen (secondary N) is 2. The zero-order valence-corrected chi connectivity index (χ0v) is 12.8. The molecule has 2 rings (SSSR count). The number of hydrogen-bond acceptors (Lipinski definition) is 2. The number of carbonyl (C=O) groups excluding carboxylic acids is 1. The van der Waals surface area contributed by atoms with Gasteiger partial charge in [0, 0.05) is 19.1 Å². The lowest BCUT2D eigenvalue weighted by Crippen LogP contribution is -2.45. The second-order valence-electron chi connectivity index (χ2n) is 5.17. The van der Waals surface area contributed by atoms with Crippen molar-refractivity contribution in [1.82, 2.24) is 10.2 Å². The van der Waals surface area contributed by atoms with E-state index in [0.29, 0.717) is 19.1 Å². The van der Waals surface area contributed by atoms with E-state index in [1.54, 1.807) is 4.90 Å². The second kappa shape index (κ2) is 6.75. The Balaban J connectivity index is 2.05. The molecule has 0 atom stereocenters. The number of urea groups is 1. The first-order valence-corrected chi connectivity index (χ1v) is 7.29. The summed E-state index contributed by atoms with van der Waals surface area (Å²) in [4.78, 5) is 13.7. The number of piperidine rings is 1. The highest BCUT2D eigenvalue weighted by atomic mass is 35.5. The van der Waals surface area contributed by atoms with E-state index in [0.717, 1.165) is 31.0 Å². The van der Waals surface area contributed by atoms with Crippen LogP contribution in [0.3, 0.4) is 0 Å². The van der Waals surface area contributed by atoms with Crippen LogP contribution in [0.1, 0.15) is 18.4 Å². The lowest BCUT2D eigenvalue weighted by atomic mass is 10.1. The minimum absolute atomic E-state index is 0.0303. The minimum Gasteiger partial charge on any atom is -0.324 e. The van der Waals surface area contributed by atoms with E-state index in [2.05, 4.69) is 10.6 Å². The summed E-state index contributed by atoms with van der Waals surface area (Å²) in [5, 5.41) is 5.68. The quantitative estimate of drug-likeness (QED) is 0.867. The number of anilines is 1. The van der Waals surface area contributed by atoms with Crippen LogP contribution in [0.4, 0.5) is 23.7 Å². The Kier molecular flexibility index (Phi) is 5.18. The lowest BCUT2D eigenvalue weighted by molar-refractivity contribution is -0.137. The fourth-order valence-corrected chi connectivity index (χ4v) is 2.53. The molecule has 0 saturated carbocycles. The number of alkyl halides is 3. The van der Waals surface area contributed by atoms with Gasteiger partial charge in [0.05, 0.1) is 16.3 Å². The summed E-state index contributed by atoms with van der Waals surface area (Å²) in [6.45, 7) is 1.10. The van der Waals surface area contributed by atoms with Crippen molar-refractivity contribution in [3.05, 3.63) is 28.8 Å². The molecule has 22 heavy (non-hydrogen) atoms. The summed E-state index contributed by atoms with van der Waals surface area (Å²) < 4.78 is 38.1. The molecule has 8 heteroatoms. The molecule has 0 bridgehead atoms. The number of halogens is 4. The Morgan fingerprint density at radius 3 is 2.50 bits per heavy atom. The Morgan fingerprint density at radius 2 is 1.95 bits per heavy atom. The number of likely N-dealkylation sites (tertiary alicyclic amines) is 1. The number of hydrogen-bond donors (Lipinski definition) is 2. The van der Waals surface area contributed by atoms with E-state index in [1.807, 2.05) is 7.05 Å². The third-order valence-corrected chi connectivity index (χ3v) is 4.06. The molecule has 2 N–H and O–H groups in total. The third-order valence-electron chi connectivity index (χ3n) is 3.73. The molecule has 0 aliphatic carbocycles. The molecule has 1 aliphatic heterocycles. The van der Waals surface area contributed by atoms with Crippen LogP contribution >= 0.6 is 11.6 Å². The van der Waals surface area contributed by atoms with Crippen LogP contribution in [0.25, 0.3) is 0 Å². The Morgan fingerprint density at radius 1 is 1.32 bits per heavy atom. The third kappa shape index (κ3) is 4.04. The molecule has 0 spiro atoms. The van der Waals surface area contributed by atoms with E-state index >= 15 is 0 Å². The summed E-state index contributed by atoms with van der Waals surface area (Å²) in [6.07, 6.45) is -2.87. The van der Waals surface area contributed by atoms with E-state index in [1.165, 1.54) is 0 Å². The van der Waals surface area contributed by atoms with Crippen LogP contribution in [0, 0.1) is 0 Å². The minimum atomic E-state index is -4.48. The lowest BCUT2D eigenvalue weighted by Gasteiger charge is -2.31. The largest absolute Gasteiger partial charge is 0.416 e. The highest BCUT2D eigenvalue weighted by Gasteiger charge is 2.31. The molecule has 1 aromatic rings. The summed E-state index contributed by atoms with van der Waals surface area (Å²) >= 11 is 5.86. The van der Waals surface area contributed by atoms with Gasteiger partial charge in [0.1, 0.15) is 0 Å². The van der Waals surface area contributed by atoms with Gasteiger partial charge in [0.15, 0.2) is 0 Å². The Hall–Kier alpha value is -1.47. The molecule has 1 aliphatic rings. The zero-order chi connectivity index (χ0) is 16.3. The van der Waals surface area contributed by atoms with Gasteiger partial charge < -0.3 is 15.5 Å². The van der Waals surface area contributed by atoms with Crippen LogP contribution in [0.5, 0.6) is 0 Å². The first-order valence-electron chi connectivity index (χ1n) is 6.91. The molecule has 1 aromatic carbocycles. The first-order chi connectivity index (χ1) is 10.3. The SMILES string of the molecule is CNC1CCN(C(=O)Nc2cc(C(F)(F)F)ccc2Cl)CC1. The van der Waals surface area contributed by atoms with Crippen LogP contribution in [0.2, 0.25) is 5.02 Å². The summed E-state index contributed by atoms with van der Waals surface area (Å²) in [6, 6.07) is 2.79. The Labute approximate surface area is 131 Å². The van der Waals surface area contributed by atoms with Crippen molar-refractivity contribution in [3.63, 3.8) is 0 Å². The predicted octanol–water partition coefficient (Wildman–Crippen LogP) is 3.57. The van der Waals surface area contributed by atoms with Crippen molar-refractivity contribution in [2.45, 2.75) is 25.1 Å². The maximum absolute atomic E-state index is 12.7. The van der Waals surface area contributed by atoms with Gasteiger partial charge in [-0.3, -0.25) is 0 Å². The van der Waals surface area contributed by atoms with Gasteiger partial charge in [-0.2, -0.15) is 13.2 Å². The highest BCUT2D eigenvalue weighted by Crippen LogP contribution is 2.34. The molecule has 0 unspecified atom stereocenters. The first kappa shape index (κ1) is 16.9. The average Bonchev–Trinajstić information content (AvgIpc) is 2.48. The molecular weight excluding hydrogens is 319 g/mol. The van der Waals surface area contributed by atoms with Crippen molar-refractivity contribution in [3.8, 4) is 0 Å². The number of carbonyl (C=O) groups is 1. The van der Waals surface area contributed by atoms with E-state index < -0.39 is 17.8 Å². The molecular formula is C14H17ClF3N3O. The standard InChI is InChI=1S/C14H17ClF3N3O/c1-19-10-4-6-21(7-5-10)13(22)20-12-8-9(14(16,17)18)2-3-11(12)15/h2-3,8,10,19H,4-7H2,1H3,(H,20,22). The average molecular weight is 336 g/mol. The molecule has 0 aromatic heterocycles. The van der Waals surface area contributed by atoms with Crippen molar-refractivity contribution in [1.29, 1.82) is 0 Å². The van der Waals surface area contributed by atoms with Crippen molar-refractivity contribution >= 4 is 23.3 Å². The second-order valence-corrected chi connectivity index (χ2v) is 5.58. The van der Waals surface area contributed by atoms with E-state index in [4.69, 9.17) is 11.6 Å². The van der Waals surface area contributed by atoms with Gasteiger partial charge in [0.2, 0.25) is 0 Å². The van der Waals surface area contributed by atoms with Gasteiger partial charge in [-0.25, -0.2) is 4.79 Å². The molecule has 2 amide bonds. The van der Waals surface area contributed by atoms with Crippen molar-refractivity contribution in [2.75, 3.05) is 25.5 Å². The Bertz CT molecular complexity index is 543. The van der Waals surface area contributed by atoms with Crippen molar-refractivity contribution < 1.29 is 18.0 Å². The fraction of sp³-hybridized carbons (Fsp3) is 0.500. The predicted molar refractivity (Wildman–Crippen MR) is 79.1 cm³/mol. The summed E-state index contributed by atoms with van der Waals surface area (Å²) in [5.74, 6) is 0. The van der Waals surface area contributed by atoms with E-state index in [-0.39, 0.29) is 10.7 Å². The number of nitrogens with zero attached hydrogens (tertiary/aromatic N) is 1. The molecule has 1 saturated heterocycles. The zero-order valence-electron chi connectivity index (χ0n) is 12.0. The monoisotopic (exact) mass is 335 g/mol. The summed E-state index contributed by atoms with van der Waals surface area (Å²) in [5.41, 5.74) is -0.877. The smallest absolute Gasteiger partial charge is 0.324 e. The maximum Gasteiger partial charge on any atom is 0.416 e. The van der Waals surface area contributed by atoms with Gasteiger partial charge in [-0.1, -0.05) is 11.6 Å². The van der Waals surface area contributed by atoms with Gasteiger partial charge in [0.25, 0.3) is 0 Å². The van der Waals surface area contributed by atoms with Gasteiger partial charge in [-0.05, 0) is 38.1 Å². The molecule has 122 valence electrons. The highest BCUT2D eigenvalue weighted by molar-refractivity contribution is 6.33.